The van der Waals surface area contributed by atoms with Crippen molar-refractivity contribution in [2.24, 2.45) is 0 Å². The molecule has 0 radical (unpaired) electrons. The van der Waals surface area contributed by atoms with Gasteiger partial charge in [0.2, 0.25) is 21.8 Å². The van der Waals surface area contributed by atoms with Gasteiger partial charge in [0.1, 0.15) is 12.6 Å². The predicted octanol–water partition coefficient (Wildman–Crippen LogP) is 5.14. The standard InChI is InChI=1S/C28H31Br2N3O4S/c1-20(2)31-28(35)26(17-21-10-5-4-6-11-21)32(18-22-12-9-13-23(29)16-22)27(34)19-33(38(3,36)37)25-15-8-7-14-24(25)30/h4-16,20,26H,17-19H2,1-3H3,(H,31,35). The summed E-state index contributed by atoms with van der Waals surface area (Å²) >= 11 is 6.87. The molecule has 7 nitrogen and oxygen atoms in total. The molecule has 3 aromatic carbocycles. The summed E-state index contributed by atoms with van der Waals surface area (Å²) in [5, 5.41) is 2.94. The number of nitrogens with zero attached hydrogens (tertiary/aromatic N) is 2. The van der Waals surface area contributed by atoms with Crippen LogP contribution in [0.5, 0.6) is 0 Å². The molecular formula is C28H31Br2N3O4S. The normalized spacial score (nSPS) is 12.2. The molecule has 2 amide bonds. The highest BCUT2D eigenvalue weighted by Crippen LogP contribution is 2.28. The van der Waals surface area contributed by atoms with Crippen LogP contribution in [0.1, 0.15) is 25.0 Å². The summed E-state index contributed by atoms with van der Waals surface area (Å²) in [6, 6.07) is 22.7. The number of rotatable bonds is 11. The lowest BCUT2D eigenvalue weighted by atomic mass is 10.0. The Kier molecular flexibility index (Phi) is 10.5. The number of carbonyl (C=O) groups excluding carboxylic acids is 2. The van der Waals surface area contributed by atoms with E-state index in [4.69, 9.17) is 0 Å². The number of amides is 2. The molecule has 1 unspecified atom stereocenters. The van der Waals surface area contributed by atoms with E-state index in [1.807, 2.05) is 68.4 Å². The molecule has 1 atom stereocenters. The fourth-order valence-electron chi connectivity index (χ4n) is 4.02. The molecule has 0 saturated heterocycles. The first-order valence-electron chi connectivity index (χ1n) is 12.1. The Labute approximate surface area is 241 Å². The number of benzene rings is 3. The number of hydrogen-bond acceptors (Lipinski definition) is 4. The number of halogens is 2. The van der Waals surface area contributed by atoms with E-state index in [-0.39, 0.29) is 24.9 Å². The van der Waals surface area contributed by atoms with Gasteiger partial charge in [-0.1, -0.05) is 70.5 Å². The van der Waals surface area contributed by atoms with Crippen molar-refractivity contribution in [2.75, 3.05) is 17.1 Å². The van der Waals surface area contributed by atoms with Crippen molar-refractivity contribution in [3.05, 3.63) is 98.9 Å². The molecule has 38 heavy (non-hydrogen) atoms. The Bertz CT molecular complexity index is 1370. The molecule has 0 aliphatic heterocycles. The Morgan fingerprint density at radius 2 is 1.53 bits per heavy atom. The molecule has 10 heteroatoms. The van der Waals surface area contributed by atoms with Gasteiger partial charge in [-0.2, -0.15) is 0 Å². The third-order valence-electron chi connectivity index (χ3n) is 5.74. The Morgan fingerprint density at radius 3 is 2.13 bits per heavy atom. The fraction of sp³-hybridized carbons (Fsp3) is 0.286. The summed E-state index contributed by atoms with van der Waals surface area (Å²) in [7, 11) is -3.82. The zero-order valence-corrected chi connectivity index (χ0v) is 25.5. The molecule has 0 fully saturated rings. The van der Waals surface area contributed by atoms with E-state index in [0.717, 1.165) is 26.2 Å². The average molecular weight is 665 g/mol. The van der Waals surface area contributed by atoms with Crippen LogP contribution in [0.4, 0.5) is 5.69 Å². The second-order valence-corrected chi connectivity index (χ2v) is 12.9. The second-order valence-electron chi connectivity index (χ2n) is 9.24. The van der Waals surface area contributed by atoms with Crippen LogP contribution in [0.15, 0.2) is 87.8 Å². The first kappa shape index (κ1) is 29.9. The predicted molar refractivity (Wildman–Crippen MR) is 158 cm³/mol. The van der Waals surface area contributed by atoms with Crippen LogP contribution in [0.25, 0.3) is 0 Å². The number of hydrogen-bond donors (Lipinski definition) is 1. The third-order valence-corrected chi connectivity index (χ3v) is 8.03. The van der Waals surface area contributed by atoms with Crippen molar-refractivity contribution < 1.29 is 18.0 Å². The van der Waals surface area contributed by atoms with Crippen LogP contribution in [0, 0.1) is 0 Å². The highest BCUT2D eigenvalue weighted by molar-refractivity contribution is 9.10. The molecule has 3 rings (SSSR count). The van der Waals surface area contributed by atoms with Gasteiger partial charge in [-0.25, -0.2) is 8.42 Å². The first-order chi connectivity index (χ1) is 18.0. The minimum absolute atomic E-state index is 0.120. The van der Waals surface area contributed by atoms with E-state index in [0.29, 0.717) is 10.2 Å². The lowest BCUT2D eigenvalue weighted by Crippen LogP contribution is -2.54. The minimum Gasteiger partial charge on any atom is -0.352 e. The van der Waals surface area contributed by atoms with Crippen molar-refractivity contribution in [1.82, 2.24) is 10.2 Å². The van der Waals surface area contributed by atoms with Gasteiger partial charge in [-0.3, -0.25) is 13.9 Å². The van der Waals surface area contributed by atoms with E-state index < -0.39 is 28.5 Å². The summed E-state index contributed by atoms with van der Waals surface area (Å²) in [6.45, 7) is 3.37. The van der Waals surface area contributed by atoms with Crippen molar-refractivity contribution >= 4 is 59.4 Å². The van der Waals surface area contributed by atoms with Gasteiger partial charge in [0.25, 0.3) is 0 Å². The molecule has 0 heterocycles. The quantitative estimate of drug-likeness (QED) is 0.308. The molecule has 202 valence electrons. The van der Waals surface area contributed by atoms with Crippen LogP contribution >= 0.6 is 31.9 Å². The van der Waals surface area contributed by atoms with Crippen molar-refractivity contribution in [3.63, 3.8) is 0 Å². The monoisotopic (exact) mass is 663 g/mol. The van der Waals surface area contributed by atoms with Crippen LogP contribution in [-0.4, -0.2) is 50.0 Å². The van der Waals surface area contributed by atoms with Crippen LogP contribution in [0.2, 0.25) is 0 Å². The Hall–Kier alpha value is -2.69. The van der Waals surface area contributed by atoms with E-state index in [9.17, 15) is 18.0 Å². The van der Waals surface area contributed by atoms with E-state index in [1.165, 1.54) is 4.90 Å². The summed E-state index contributed by atoms with van der Waals surface area (Å²) in [5.41, 5.74) is 2.03. The molecular weight excluding hydrogens is 634 g/mol. The summed E-state index contributed by atoms with van der Waals surface area (Å²) in [5.74, 6) is -0.801. The zero-order valence-electron chi connectivity index (χ0n) is 21.5. The van der Waals surface area contributed by atoms with E-state index >= 15 is 0 Å². The van der Waals surface area contributed by atoms with E-state index in [1.54, 1.807) is 24.3 Å². The molecule has 3 aromatic rings. The molecule has 0 aliphatic rings. The van der Waals surface area contributed by atoms with Crippen LogP contribution in [0.3, 0.4) is 0 Å². The Balaban J connectivity index is 2.07. The molecule has 0 spiro atoms. The highest BCUT2D eigenvalue weighted by Gasteiger charge is 2.33. The largest absolute Gasteiger partial charge is 0.352 e. The molecule has 0 aliphatic carbocycles. The number of sulfonamides is 1. The number of carbonyl (C=O) groups is 2. The summed E-state index contributed by atoms with van der Waals surface area (Å²) in [4.78, 5) is 29.0. The summed E-state index contributed by atoms with van der Waals surface area (Å²) < 4.78 is 28.1. The van der Waals surface area contributed by atoms with Crippen molar-refractivity contribution in [1.29, 1.82) is 0 Å². The SMILES string of the molecule is CC(C)NC(=O)C(Cc1ccccc1)N(Cc1cccc(Br)c1)C(=O)CN(c1ccccc1Br)S(C)(=O)=O. The highest BCUT2D eigenvalue weighted by atomic mass is 79.9. The van der Waals surface area contributed by atoms with Gasteiger partial charge in [0.15, 0.2) is 0 Å². The molecule has 0 aromatic heterocycles. The number of anilines is 1. The fourth-order valence-corrected chi connectivity index (χ4v) is 5.94. The molecule has 1 N–H and O–H groups in total. The molecule has 0 bridgehead atoms. The number of nitrogens with one attached hydrogen (secondary N) is 1. The van der Waals surface area contributed by atoms with Crippen LogP contribution in [-0.2, 0) is 32.6 Å². The van der Waals surface area contributed by atoms with Gasteiger partial charge in [-0.15, -0.1) is 0 Å². The maximum atomic E-state index is 14.0. The van der Waals surface area contributed by atoms with Crippen LogP contribution < -0.4 is 9.62 Å². The number of para-hydroxylation sites is 1. The Morgan fingerprint density at radius 1 is 0.895 bits per heavy atom. The smallest absolute Gasteiger partial charge is 0.244 e. The minimum atomic E-state index is -3.82. The van der Waals surface area contributed by atoms with Crippen molar-refractivity contribution in [3.8, 4) is 0 Å². The summed E-state index contributed by atoms with van der Waals surface area (Å²) in [6.07, 6.45) is 1.33. The van der Waals surface area contributed by atoms with Gasteiger partial charge in [-0.05, 0) is 65.2 Å². The lowest BCUT2D eigenvalue weighted by molar-refractivity contribution is -0.140. The zero-order chi connectivity index (χ0) is 27.9. The molecule has 0 saturated carbocycles. The third kappa shape index (κ3) is 8.41. The first-order valence-corrected chi connectivity index (χ1v) is 15.5. The van der Waals surface area contributed by atoms with Gasteiger partial charge < -0.3 is 10.2 Å². The van der Waals surface area contributed by atoms with E-state index in [2.05, 4.69) is 37.2 Å². The maximum Gasteiger partial charge on any atom is 0.244 e. The second kappa shape index (κ2) is 13.4. The van der Waals surface area contributed by atoms with Gasteiger partial charge in [0.05, 0.1) is 11.9 Å². The average Bonchev–Trinajstić information content (AvgIpc) is 2.84. The maximum absolute atomic E-state index is 14.0. The van der Waals surface area contributed by atoms with Crippen molar-refractivity contribution in [2.45, 2.75) is 38.9 Å². The van der Waals surface area contributed by atoms with Gasteiger partial charge in [0, 0.05) is 28.0 Å². The lowest BCUT2D eigenvalue weighted by Gasteiger charge is -2.34. The van der Waals surface area contributed by atoms with Gasteiger partial charge >= 0.3 is 0 Å². The topological polar surface area (TPSA) is 86.8 Å².